The highest BCUT2D eigenvalue weighted by molar-refractivity contribution is 7.89. The van der Waals surface area contributed by atoms with E-state index in [-0.39, 0.29) is 15.4 Å². The van der Waals surface area contributed by atoms with Gasteiger partial charge in [0, 0.05) is 11.1 Å². The summed E-state index contributed by atoms with van der Waals surface area (Å²) < 4.78 is 27.4. The minimum Gasteiger partial charge on any atom is -0.389 e. The Kier molecular flexibility index (Phi) is 3.44. The fraction of sp³-hybridized carbons (Fsp3) is 0.417. The van der Waals surface area contributed by atoms with Crippen LogP contribution >= 0.6 is 12.2 Å². The molecule has 1 aliphatic carbocycles. The van der Waals surface area contributed by atoms with E-state index in [0.29, 0.717) is 5.56 Å². The molecule has 0 spiro atoms. The average Bonchev–Trinajstić information content (AvgIpc) is 2.26. The smallest absolute Gasteiger partial charge is 0.241 e. The summed E-state index contributed by atoms with van der Waals surface area (Å²) in [5, 5.41) is 0. The highest BCUT2D eigenvalue weighted by Crippen LogP contribution is 2.33. The lowest BCUT2D eigenvalue weighted by Crippen LogP contribution is -2.51. The molecule has 0 saturated heterocycles. The molecule has 0 aromatic heterocycles. The zero-order valence-corrected chi connectivity index (χ0v) is 11.8. The van der Waals surface area contributed by atoms with Gasteiger partial charge in [0.2, 0.25) is 10.0 Å². The van der Waals surface area contributed by atoms with Crippen LogP contribution < -0.4 is 10.5 Å². The molecule has 1 fully saturated rings. The summed E-state index contributed by atoms with van der Waals surface area (Å²) in [6.07, 6.45) is 2.78. The second-order valence-corrected chi connectivity index (χ2v) is 6.97. The second kappa shape index (κ2) is 4.60. The van der Waals surface area contributed by atoms with E-state index in [0.717, 1.165) is 19.3 Å². The molecule has 0 aliphatic heterocycles. The Balaban J connectivity index is 2.38. The predicted molar refractivity (Wildman–Crippen MR) is 74.9 cm³/mol. The maximum absolute atomic E-state index is 12.3. The number of hydrogen-bond donors (Lipinski definition) is 2. The van der Waals surface area contributed by atoms with Crippen molar-refractivity contribution in [3.05, 3.63) is 29.8 Å². The van der Waals surface area contributed by atoms with E-state index in [9.17, 15) is 8.42 Å². The van der Waals surface area contributed by atoms with Crippen molar-refractivity contribution < 1.29 is 8.42 Å². The largest absolute Gasteiger partial charge is 0.389 e. The number of nitrogens with two attached hydrogens (primary N) is 1. The lowest BCUT2D eigenvalue weighted by Gasteiger charge is -2.38. The maximum atomic E-state index is 12.3. The summed E-state index contributed by atoms with van der Waals surface area (Å²) in [5.41, 5.74) is 5.62. The van der Waals surface area contributed by atoms with Crippen LogP contribution in [-0.4, -0.2) is 18.9 Å². The van der Waals surface area contributed by atoms with Crippen LogP contribution in [0.3, 0.4) is 0 Å². The molecular formula is C12H16N2O2S2. The summed E-state index contributed by atoms with van der Waals surface area (Å²) in [6.45, 7) is 1.91. The van der Waals surface area contributed by atoms with Crippen molar-refractivity contribution in [1.82, 2.24) is 4.72 Å². The summed E-state index contributed by atoms with van der Waals surface area (Å²) in [4.78, 5) is 0.250. The molecular weight excluding hydrogens is 268 g/mol. The van der Waals surface area contributed by atoms with Crippen LogP contribution in [0.2, 0.25) is 0 Å². The van der Waals surface area contributed by atoms with Gasteiger partial charge in [-0.25, -0.2) is 13.1 Å². The van der Waals surface area contributed by atoms with Gasteiger partial charge < -0.3 is 5.73 Å². The molecule has 1 aromatic carbocycles. The molecule has 3 N–H and O–H groups in total. The molecule has 0 amide bonds. The van der Waals surface area contributed by atoms with Gasteiger partial charge >= 0.3 is 0 Å². The summed E-state index contributed by atoms with van der Waals surface area (Å²) in [6, 6.07) is 6.54. The Bertz CT molecular complexity index is 577. The fourth-order valence-corrected chi connectivity index (χ4v) is 4.02. The van der Waals surface area contributed by atoms with E-state index in [2.05, 4.69) is 4.72 Å². The van der Waals surface area contributed by atoms with Crippen LogP contribution in [-0.2, 0) is 10.0 Å². The van der Waals surface area contributed by atoms with Gasteiger partial charge in [-0.15, -0.1) is 0 Å². The molecule has 0 unspecified atom stereocenters. The molecule has 6 heteroatoms. The monoisotopic (exact) mass is 284 g/mol. The highest BCUT2D eigenvalue weighted by Gasteiger charge is 2.36. The van der Waals surface area contributed by atoms with Gasteiger partial charge in [0.15, 0.2) is 0 Å². The first-order valence-electron chi connectivity index (χ1n) is 5.77. The Morgan fingerprint density at radius 1 is 1.39 bits per heavy atom. The average molecular weight is 284 g/mol. The van der Waals surface area contributed by atoms with Crippen LogP contribution in [0.25, 0.3) is 0 Å². The van der Waals surface area contributed by atoms with E-state index < -0.39 is 10.0 Å². The second-order valence-electron chi connectivity index (χ2n) is 4.88. The van der Waals surface area contributed by atoms with Crippen molar-refractivity contribution in [2.45, 2.75) is 36.6 Å². The third-order valence-electron chi connectivity index (χ3n) is 3.28. The van der Waals surface area contributed by atoms with Gasteiger partial charge in [0.05, 0.1) is 4.90 Å². The molecule has 1 saturated carbocycles. The van der Waals surface area contributed by atoms with Crippen LogP contribution in [0, 0.1) is 0 Å². The highest BCUT2D eigenvalue weighted by atomic mass is 32.2. The van der Waals surface area contributed by atoms with Crippen molar-refractivity contribution in [2.75, 3.05) is 0 Å². The van der Waals surface area contributed by atoms with Crippen LogP contribution in [0.1, 0.15) is 31.7 Å². The lowest BCUT2D eigenvalue weighted by molar-refractivity contribution is 0.248. The molecule has 0 bridgehead atoms. The molecule has 0 heterocycles. The van der Waals surface area contributed by atoms with Crippen LogP contribution in [0.15, 0.2) is 29.2 Å². The Morgan fingerprint density at radius 3 is 2.50 bits per heavy atom. The number of sulfonamides is 1. The Labute approximate surface area is 113 Å². The fourth-order valence-electron chi connectivity index (χ4n) is 2.09. The molecule has 18 heavy (non-hydrogen) atoms. The van der Waals surface area contributed by atoms with Crippen LogP contribution in [0.5, 0.6) is 0 Å². The number of thiocarbonyl (C=S) groups is 1. The first kappa shape index (κ1) is 13.5. The zero-order valence-electron chi connectivity index (χ0n) is 10.1. The number of hydrogen-bond acceptors (Lipinski definition) is 3. The van der Waals surface area contributed by atoms with Crippen molar-refractivity contribution in [1.29, 1.82) is 0 Å². The third-order valence-corrected chi connectivity index (χ3v) is 5.20. The molecule has 2 rings (SSSR count). The topological polar surface area (TPSA) is 72.2 Å². The summed E-state index contributed by atoms with van der Waals surface area (Å²) >= 11 is 4.89. The molecule has 0 atom stereocenters. The molecule has 1 aromatic rings. The Hall–Kier alpha value is -0.980. The SMILES string of the molecule is CC1(NS(=O)(=O)c2ccccc2C(N)=S)CCC1. The third kappa shape index (κ3) is 2.55. The lowest BCUT2D eigenvalue weighted by atomic mass is 9.80. The molecule has 0 radical (unpaired) electrons. The minimum absolute atomic E-state index is 0.0923. The zero-order chi connectivity index (χ0) is 13.4. The number of benzene rings is 1. The van der Waals surface area contributed by atoms with E-state index in [1.54, 1.807) is 18.2 Å². The van der Waals surface area contributed by atoms with Crippen LogP contribution in [0.4, 0.5) is 0 Å². The maximum Gasteiger partial charge on any atom is 0.241 e. The van der Waals surface area contributed by atoms with E-state index in [1.165, 1.54) is 6.07 Å². The van der Waals surface area contributed by atoms with Gasteiger partial charge in [-0.1, -0.05) is 30.4 Å². The van der Waals surface area contributed by atoms with Crippen molar-refractivity contribution in [3.63, 3.8) is 0 Å². The quantitative estimate of drug-likeness (QED) is 0.823. The molecule has 4 nitrogen and oxygen atoms in total. The summed E-state index contributed by atoms with van der Waals surface area (Å²) in [7, 11) is -3.57. The van der Waals surface area contributed by atoms with Gasteiger partial charge in [0.1, 0.15) is 4.99 Å². The first-order chi connectivity index (χ1) is 8.34. The number of rotatable bonds is 4. The molecule has 1 aliphatic rings. The van der Waals surface area contributed by atoms with Crippen molar-refractivity contribution >= 4 is 27.2 Å². The molecule has 98 valence electrons. The van der Waals surface area contributed by atoms with Gasteiger partial charge in [-0.05, 0) is 32.3 Å². The van der Waals surface area contributed by atoms with Crippen molar-refractivity contribution in [3.8, 4) is 0 Å². The Morgan fingerprint density at radius 2 is 2.00 bits per heavy atom. The predicted octanol–water partition coefficient (Wildman–Crippen LogP) is 1.54. The standard InChI is InChI=1S/C12H16N2O2S2/c1-12(7-4-8-12)14-18(15,16)10-6-3-2-5-9(10)11(13)17/h2-3,5-6,14H,4,7-8H2,1H3,(H2,13,17). The van der Waals surface area contributed by atoms with E-state index in [4.69, 9.17) is 18.0 Å². The normalized spacial score (nSPS) is 18.1. The van der Waals surface area contributed by atoms with E-state index in [1.807, 2.05) is 6.92 Å². The number of nitrogens with one attached hydrogen (secondary N) is 1. The minimum atomic E-state index is -3.57. The van der Waals surface area contributed by atoms with Gasteiger partial charge in [-0.3, -0.25) is 0 Å². The summed E-state index contributed by atoms with van der Waals surface area (Å²) in [5.74, 6) is 0. The van der Waals surface area contributed by atoms with Gasteiger partial charge in [0.25, 0.3) is 0 Å². The first-order valence-corrected chi connectivity index (χ1v) is 7.66. The van der Waals surface area contributed by atoms with E-state index >= 15 is 0 Å². The van der Waals surface area contributed by atoms with Gasteiger partial charge in [-0.2, -0.15) is 0 Å². The van der Waals surface area contributed by atoms with Crippen molar-refractivity contribution in [2.24, 2.45) is 5.73 Å².